The molecule has 0 bridgehead atoms. The topological polar surface area (TPSA) is 75.7 Å². The number of rotatable bonds is 3. The molecular formula is C3H8N2O2. The van der Waals surface area contributed by atoms with Crippen molar-refractivity contribution in [1.82, 2.24) is 0 Å². The van der Waals surface area contributed by atoms with Crippen molar-refractivity contribution in [3.05, 3.63) is 4.91 Å². The van der Waals surface area contributed by atoms with Crippen LogP contribution in [0, 0.1) is 4.91 Å². The number of nitroso groups, excluding NO2 is 1. The summed E-state index contributed by atoms with van der Waals surface area (Å²) in [5, 5.41) is 10.7. The summed E-state index contributed by atoms with van der Waals surface area (Å²) in [6, 6.07) is -0.611. The van der Waals surface area contributed by atoms with E-state index in [1.807, 2.05) is 0 Å². The molecule has 7 heavy (non-hydrogen) atoms. The zero-order valence-electron chi connectivity index (χ0n) is 3.87. The number of hydrogen-bond acceptors (Lipinski definition) is 4. The van der Waals surface area contributed by atoms with Crippen LogP contribution in [-0.2, 0) is 0 Å². The number of hydrogen-bond donors (Lipinski definition) is 2. The monoisotopic (exact) mass is 104 g/mol. The van der Waals surface area contributed by atoms with Crippen LogP contribution in [0.25, 0.3) is 0 Å². The van der Waals surface area contributed by atoms with Crippen molar-refractivity contribution in [3.8, 4) is 0 Å². The largest absolute Gasteiger partial charge is 0.394 e. The summed E-state index contributed by atoms with van der Waals surface area (Å²) in [5.41, 5.74) is 4.94. The molecule has 0 amide bonds. The number of nitrogens with two attached hydrogens (primary N) is 1. The molecule has 0 rings (SSSR count). The van der Waals surface area contributed by atoms with Gasteiger partial charge in [0, 0.05) is 6.54 Å². The van der Waals surface area contributed by atoms with Gasteiger partial charge in [0.1, 0.15) is 6.04 Å². The summed E-state index contributed by atoms with van der Waals surface area (Å²) in [4.78, 5) is 9.48. The molecule has 0 fully saturated rings. The molecule has 0 saturated carbocycles. The van der Waals surface area contributed by atoms with E-state index < -0.39 is 6.04 Å². The van der Waals surface area contributed by atoms with E-state index in [0.29, 0.717) is 0 Å². The molecule has 0 aliphatic rings. The van der Waals surface area contributed by atoms with Gasteiger partial charge in [-0.25, -0.2) is 0 Å². The van der Waals surface area contributed by atoms with E-state index >= 15 is 0 Å². The minimum absolute atomic E-state index is 0.125. The Morgan fingerprint density at radius 2 is 2.43 bits per heavy atom. The third kappa shape index (κ3) is 2.24. The number of aliphatic hydroxyl groups excluding tert-OH is 1. The van der Waals surface area contributed by atoms with Crippen LogP contribution in [-0.4, -0.2) is 24.3 Å². The Labute approximate surface area is 41.3 Å². The predicted octanol–water partition coefficient (Wildman–Crippen LogP) is -0.928. The highest BCUT2D eigenvalue weighted by Crippen LogP contribution is 1.81. The van der Waals surface area contributed by atoms with Gasteiger partial charge >= 0.3 is 0 Å². The standard InChI is InChI=1S/C3H8N2O2/c4-1-3(2-6)5-7/h3,6H,1-2,4H2. The van der Waals surface area contributed by atoms with E-state index in [0.717, 1.165) is 0 Å². The molecule has 4 nitrogen and oxygen atoms in total. The van der Waals surface area contributed by atoms with Gasteiger partial charge in [-0.3, -0.25) is 0 Å². The van der Waals surface area contributed by atoms with Gasteiger partial charge < -0.3 is 10.8 Å². The molecule has 0 aliphatic heterocycles. The molecular weight excluding hydrogens is 96.0 g/mol. The summed E-state index contributed by atoms with van der Waals surface area (Å²) in [5.74, 6) is 0. The lowest BCUT2D eigenvalue weighted by Gasteiger charge is -1.95. The third-order valence-corrected chi connectivity index (χ3v) is 0.632. The van der Waals surface area contributed by atoms with Crippen molar-refractivity contribution < 1.29 is 5.11 Å². The summed E-state index contributed by atoms with van der Waals surface area (Å²) in [6.07, 6.45) is 0. The minimum Gasteiger partial charge on any atom is -0.394 e. The van der Waals surface area contributed by atoms with Gasteiger partial charge in [-0.15, -0.1) is 0 Å². The lowest BCUT2D eigenvalue weighted by Crippen LogP contribution is -2.20. The van der Waals surface area contributed by atoms with Crippen molar-refractivity contribution in [2.45, 2.75) is 6.04 Å². The Morgan fingerprint density at radius 3 is 2.43 bits per heavy atom. The van der Waals surface area contributed by atoms with E-state index in [1.165, 1.54) is 0 Å². The maximum Gasteiger partial charge on any atom is 0.127 e. The molecule has 0 radical (unpaired) electrons. The molecule has 0 saturated heterocycles. The molecule has 3 N–H and O–H groups in total. The van der Waals surface area contributed by atoms with Gasteiger partial charge in [-0.1, -0.05) is 5.18 Å². The highest BCUT2D eigenvalue weighted by molar-refractivity contribution is 4.62. The molecule has 0 aromatic heterocycles. The molecule has 42 valence electrons. The van der Waals surface area contributed by atoms with Crippen molar-refractivity contribution in [1.29, 1.82) is 0 Å². The second-order valence-corrected chi connectivity index (χ2v) is 1.18. The van der Waals surface area contributed by atoms with Crippen LogP contribution in [0.15, 0.2) is 5.18 Å². The van der Waals surface area contributed by atoms with E-state index in [9.17, 15) is 4.91 Å². The lowest BCUT2D eigenvalue weighted by molar-refractivity contribution is 0.268. The Morgan fingerprint density at radius 1 is 1.86 bits per heavy atom. The van der Waals surface area contributed by atoms with E-state index in [2.05, 4.69) is 5.18 Å². The fourth-order valence-electron chi connectivity index (χ4n) is 0.151. The first-order valence-electron chi connectivity index (χ1n) is 1.98. The minimum atomic E-state index is -0.611. The van der Waals surface area contributed by atoms with Crippen molar-refractivity contribution in [2.75, 3.05) is 13.2 Å². The Hall–Kier alpha value is -0.480. The SMILES string of the molecule is NCC(CO)N=O. The molecule has 1 atom stereocenters. The first-order valence-corrected chi connectivity index (χ1v) is 1.98. The molecule has 0 spiro atoms. The van der Waals surface area contributed by atoms with Crippen LogP contribution in [0.4, 0.5) is 0 Å². The quantitative estimate of drug-likeness (QED) is 0.454. The fourth-order valence-corrected chi connectivity index (χ4v) is 0.151. The summed E-state index contributed by atoms with van der Waals surface area (Å²) in [6.45, 7) is -0.125. The molecule has 0 aromatic rings. The van der Waals surface area contributed by atoms with Crippen LogP contribution in [0.5, 0.6) is 0 Å². The smallest absolute Gasteiger partial charge is 0.127 e. The van der Waals surface area contributed by atoms with Gasteiger partial charge in [-0.05, 0) is 0 Å². The van der Waals surface area contributed by atoms with E-state index in [4.69, 9.17) is 10.8 Å². The predicted molar refractivity (Wildman–Crippen MR) is 25.7 cm³/mol. The van der Waals surface area contributed by atoms with Gasteiger partial charge in [0.2, 0.25) is 0 Å². The second kappa shape index (κ2) is 3.70. The van der Waals surface area contributed by atoms with E-state index in [1.54, 1.807) is 0 Å². The van der Waals surface area contributed by atoms with Gasteiger partial charge in [0.25, 0.3) is 0 Å². The molecule has 1 unspecified atom stereocenters. The molecule has 4 heteroatoms. The second-order valence-electron chi connectivity index (χ2n) is 1.18. The zero-order valence-corrected chi connectivity index (χ0v) is 3.87. The Balaban J connectivity index is 3.16. The van der Waals surface area contributed by atoms with Crippen molar-refractivity contribution in [2.24, 2.45) is 10.9 Å². The van der Waals surface area contributed by atoms with Crippen LogP contribution in [0.1, 0.15) is 0 Å². The fraction of sp³-hybridized carbons (Fsp3) is 1.00. The average molecular weight is 104 g/mol. The van der Waals surface area contributed by atoms with Crippen LogP contribution in [0.3, 0.4) is 0 Å². The van der Waals surface area contributed by atoms with Crippen molar-refractivity contribution >= 4 is 0 Å². The first-order chi connectivity index (χ1) is 3.35. The number of aliphatic hydroxyl groups is 1. The van der Waals surface area contributed by atoms with Crippen LogP contribution >= 0.6 is 0 Å². The molecule has 0 heterocycles. The zero-order chi connectivity index (χ0) is 5.70. The summed E-state index contributed by atoms with van der Waals surface area (Å²) in [7, 11) is 0. The molecule has 0 aromatic carbocycles. The van der Waals surface area contributed by atoms with Gasteiger partial charge in [0.05, 0.1) is 6.61 Å². The number of nitrogens with zero attached hydrogens (tertiary/aromatic N) is 1. The maximum atomic E-state index is 9.48. The normalized spacial score (nSPS) is 13.4. The molecule has 0 aliphatic carbocycles. The summed E-state index contributed by atoms with van der Waals surface area (Å²) < 4.78 is 0. The van der Waals surface area contributed by atoms with E-state index in [-0.39, 0.29) is 13.2 Å². The van der Waals surface area contributed by atoms with Crippen molar-refractivity contribution in [3.63, 3.8) is 0 Å². The van der Waals surface area contributed by atoms with Gasteiger partial charge in [0.15, 0.2) is 0 Å². The first kappa shape index (κ1) is 6.52. The Bertz CT molecular complexity index is 52.9. The average Bonchev–Trinajstić information content (AvgIpc) is 1.72. The maximum absolute atomic E-state index is 9.48. The highest BCUT2D eigenvalue weighted by Gasteiger charge is 1.99. The van der Waals surface area contributed by atoms with Gasteiger partial charge in [-0.2, -0.15) is 4.91 Å². The third-order valence-electron chi connectivity index (χ3n) is 0.632. The van der Waals surface area contributed by atoms with Crippen LogP contribution < -0.4 is 5.73 Å². The lowest BCUT2D eigenvalue weighted by atomic mass is 10.3. The highest BCUT2D eigenvalue weighted by atomic mass is 16.3. The van der Waals surface area contributed by atoms with Crippen LogP contribution in [0.2, 0.25) is 0 Å². The summed E-state index contributed by atoms with van der Waals surface area (Å²) >= 11 is 0. The Kier molecular flexibility index (Phi) is 3.45.